The van der Waals surface area contributed by atoms with E-state index in [0.717, 1.165) is 77.5 Å². The highest BCUT2D eigenvalue weighted by molar-refractivity contribution is 6.20. The Bertz CT molecular complexity index is 2820. The van der Waals surface area contributed by atoms with E-state index >= 15 is 0 Å². The van der Waals surface area contributed by atoms with Crippen molar-refractivity contribution < 1.29 is 8.83 Å². The van der Waals surface area contributed by atoms with E-state index in [-0.39, 0.29) is 0 Å². The lowest BCUT2D eigenvalue weighted by Gasteiger charge is -2.29. The molecule has 0 atom stereocenters. The van der Waals surface area contributed by atoms with Gasteiger partial charge in [0.25, 0.3) is 0 Å². The standard InChI is InChI=1S/C44H27NO2/c1-2-12-30-26-32(23-20-28(30)10-1)45(39-17-9-19-42-43(39)36-24-21-29-11-3-4-14-34(29)44(36)47-42)38-16-7-5-13-33(38)31-22-25-41-37(27-31)35-15-6-8-18-40(35)46-41/h1-27H. The first kappa shape index (κ1) is 26.0. The Kier molecular flexibility index (Phi) is 5.57. The number of hydrogen-bond acceptors (Lipinski definition) is 3. The molecule has 2 aromatic heterocycles. The van der Waals surface area contributed by atoms with Crippen molar-refractivity contribution in [3.8, 4) is 11.1 Å². The summed E-state index contributed by atoms with van der Waals surface area (Å²) < 4.78 is 12.8. The van der Waals surface area contributed by atoms with Crippen molar-refractivity contribution >= 4 is 82.5 Å². The molecular weight excluding hydrogens is 574 g/mol. The Balaban J connectivity index is 1.27. The quantitative estimate of drug-likeness (QED) is 0.201. The molecule has 0 aliphatic heterocycles. The smallest absolute Gasteiger partial charge is 0.143 e. The van der Waals surface area contributed by atoms with Gasteiger partial charge in [0.05, 0.1) is 16.8 Å². The zero-order valence-electron chi connectivity index (χ0n) is 25.4. The minimum absolute atomic E-state index is 0.864. The molecule has 0 unspecified atom stereocenters. The number of benzene rings is 8. The molecule has 10 rings (SSSR count). The zero-order valence-corrected chi connectivity index (χ0v) is 25.4. The van der Waals surface area contributed by atoms with Gasteiger partial charge in [-0.2, -0.15) is 0 Å². The van der Waals surface area contributed by atoms with Crippen molar-refractivity contribution in [3.05, 3.63) is 164 Å². The number of furan rings is 2. The molecule has 0 amide bonds. The first-order valence-electron chi connectivity index (χ1n) is 15.9. The third kappa shape index (κ3) is 4.00. The molecule has 2 heterocycles. The van der Waals surface area contributed by atoms with E-state index < -0.39 is 0 Å². The summed E-state index contributed by atoms with van der Waals surface area (Å²) in [6, 6.07) is 57.9. The molecule has 0 bridgehead atoms. The third-order valence-corrected chi connectivity index (χ3v) is 9.43. The van der Waals surface area contributed by atoms with Crippen LogP contribution in [0.15, 0.2) is 173 Å². The second-order valence-corrected chi connectivity index (χ2v) is 12.1. The SMILES string of the molecule is c1ccc(N(c2ccc3ccccc3c2)c2cccc3oc4c5ccccc5ccc4c23)c(-c2ccc3oc4ccccc4c3c2)c1. The van der Waals surface area contributed by atoms with Gasteiger partial charge in [-0.15, -0.1) is 0 Å². The molecule has 220 valence electrons. The minimum Gasteiger partial charge on any atom is -0.456 e. The highest BCUT2D eigenvalue weighted by atomic mass is 16.3. The van der Waals surface area contributed by atoms with E-state index in [1.807, 2.05) is 12.1 Å². The number of para-hydroxylation sites is 2. The third-order valence-electron chi connectivity index (χ3n) is 9.43. The Hall–Kier alpha value is -6.32. The van der Waals surface area contributed by atoms with Crippen molar-refractivity contribution in [2.24, 2.45) is 0 Å². The van der Waals surface area contributed by atoms with Crippen molar-refractivity contribution in [2.45, 2.75) is 0 Å². The van der Waals surface area contributed by atoms with E-state index in [2.05, 4.69) is 157 Å². The second-order valence-electron chi connectivity index (χ2n) is 12.1. The molecule has 0 spiro atoms. The van der Waals surface area contributed by atoms with Crippen LogP contribution in [0.2, 0.25) is 0 Å². The fourth-order valence-electron chi connectivity index (χ4n) is 7.25. The molecule has 47 heavy (non-hydrogen) atoms. The van der Waals surface area contributed by atoms with E-state index in [9.17, 15) is 0 Å². The van der Waals surface area contributed by atoms with Crippen LogP contribution in [0.1, 0.15) is 0 Å². The van der Waals surface area contributed by atoms with Crippen LogP contribution in [-0.2, 0) is 0 Å². The van der Waals surface area contributed by atoms with Gasteiger partial charge in [0.15, 0.2) is 0 Å². The molecular formula is C44H27NO2. The van der Waals surface area contributed by atoms with Gasteiger partial charge in [-0.05, 0) is 76.3 Å². The first-order chi connectivity index (χ1) is 23.3. The minimum atomic E-state index is 0.864. The van der Waals surface area contributed by atoms with Gasteiger partial charge in [0.2, 0.25) is 0 Å². The van der Waals surface area contributed by atoms with Gasteiger partial charge in [0, 0.05) is 32.8 Å². The van der Waals surface area contributed by atoms with E-state index in [1.54, 1.807) is 0 Å². The van der Waals surface area contributed by atoms with Gasteiger partial charge in [-0.1, -0.05) is 109 Å². The highest BCUT2D eigenvalue weighted by Crippen LogP contribution is 2.47. The van der Waals surface area contributed by atoms with Gasteiger partial charge < -0.3 is 13.7 Å². The summed E-state index contributed by atoms with van der Waals surface area (Å²) in [7, 11) is 0. The normalized spacial score (nSPS) is 11.8. The number of fused-ring (bicyclic) bond motifs is 9. The van der Waals surface area contributed by atoms with Crippen LogP contribution in [0.3, 0.4) is 0 Å². The number of anilines is 3. The molecule has 0 saturated carbocycles. The first-order valence-corrected chi connectivity index (χ1v) is 15.9. The van der Waals surface area contributed by atoms with Crippen molar-refractivity contribution in [2.75, 3.05) is 4.90 Å². The van der Waals surface area contributed by atoms with Crippen LogP contribution >= 0.6 is 0 Å². The molecule has 3 heteroatoms. The molecule has 0 aliphatic rings. The highest BCUT2D eigenvalue weighted by Gasteiger charge is 2.23. The lowest BCUT2D eigenvalue weighted by atomic mass is 9.98. The van der Waals surface area contributed by atoms with Crippen LogP contribution < -0.4 is 4.90 Å². The van der Waals surface area contributed by atoms with E-state index in [0.29, 0.717) is 0 Å². The summed E-state index contributed by atoms with van der Waals surface area (Å²) >= 11 is 0. The molecule has 8 aromatic carbocycles. The maximum Gasteiger partial charge on any atom is 0.143 e. The average Bonchev–Trinajstić information content (AvgIpc) is 3.71. The lowest BCUT2D eigenvalue weighted by Crippen LogP contribution is -2.11. The van der Waals surface area contributed by atoms with Gasteiger partial charge in [-0.3, -0.25) is 0 Å². The molecule has 10 aromatic rings. The number of hydrogen-bond donors (Lipinski definition) is 0. The molecule has 0 fully saturated rings. The predicted octanol–water partition coefficient (Wildman–Crippen LogP) is 12.9. The topological polar surface area (TPSA) is 29.5 Å². The van der Waals surface area contributed by atoms with Crippen molar-refractivity contribution in [3.63, 3.8) is 0 Å². The number of nitrogens with zero attached hydrogens (tertiary/aromatic N) is 1. The Morgan fingerprint density at radius 2 is 1.09 bits per heavy atom. The van der Waals surface area contributed by atoms with Gasteiger partial charge in [-0.25, -0.2) is 0 Å². The van der Waals surface area contributed by atoms with Crippen LogP contribution in [0.25, 0.3) is 76.5 Å². The Labute approximate surface area is 270 Å². The van der Waals surface area contributed by atoms with Crippen LogP contribution in [0.5, 0.6) is 0 Å². The van der Waals surface area contributed by atoms with Crippen molar-refractivity contribution in [1.82, 2.24) is 0 Å². The summed E-state index contributed by atoms with van der Waals surface area (Å²) in [6.07, 6.45) is 0. The summed E-state index contributed by atoms with van der Waals surface area (Å²) in [6.45, 7) is 0. The molecule has 0 saturated heterocycles. The maximum absolute atomic E-state index is 6.66. The summed E-state index contributed by atoms with van der Waals surface area (Å²) in [5.41, 5.74) is 9.04. The zero-order chi connectivity index (χ0) is 30.9. The summed E-state index contributed by atoms with van der Waals surface area (Å²) in [5, 5.41) is 9.10. The molecule has 0 N–H and O–H groups in total. The van der Waals surface area contributed by atoms with E-state index in [1.165, 1.54) is 16.2 Å². The van der Waals surface area contributed by atoms with Crippen LogP contribution in [0, 0.1) is 0 Å². The van der Waals surface area contributed by atoms with Gasteiger partial charge >= 0.3 is 0 Å². The number of rotatable bonds is 4. The average molecular weight is 602 g/mol. The van der Waals surface area contributed by atoms with Gasteiger partial charge in [0.1, 0.15) is 22.3 Å². The lowest BCUT2D eigenvalue weighted by molar-refractivity contribution is 0.669. The van der Waals surface area contributed by atoms with E-state index in [4.69, 9.17) is 8.83 Å². The van der Waals surface area contributed by atoms with Crippen LogP contribution in [-0.4, -0.2) is 0 Å². The second kappa shape index (κ2) is 10.1. The Morgan fingerprint density at radius 1 is 0.383 bits per heavy atom. The van der Waals surface area contributed by atoms with Crippen molar-refractivity contribution in [1.29, 1.82) is 0 Å². The fraction of sp³-hybridized carbons (Fsp3) is 0. The largest absolute Gasteiger partial charge is 0.456 e. The predicted molar refractivity (Wildman–Crippen MR) is 196 cm³/mol. The summed E-state index contributed by atoms with van der Waals surface area (Å²) in [4.78, 5) is 2.39. The summed E-state index contributed by atoms with van der Waals surface area (Å²) in [5.74, 6) is 0. The van der Waals surface area contributed by atoms with Crippen LogP contribution in [0.4, 0.5) is 17.1 Å². The monoisotopic (exact) mass is 601 g/mol. The molecule has 0 radical (unpaired) electrons. The maximum atomic E-state index is 6.66. The fourth-order valence-corrected chi connectivity index (χ4v) is 7.25. The molecule has 3 nitrogen and oxygen atoms in total. The molecule has 0 aliphatic carbocycles. The Morgan fingerprint density at radius 3 is 2.02 bits per heavy atom.